The molecule has 39 heavy (non-hydrogen) atoms. The lowest BCUT2D eigenvalue weighted by Gasteiger charge is -2.34. The maximum Gasteiger partial charge on any atom is 0.256 e. The highest BCUT2D eigenvalue weighted by Gasteiger charge is 2.32. The number of amides is 1. The fourth-order valence-corrected chi connectivity index (χ4v) is 9.28. The van der Waals surface area contributed by atoms with Crippen molar-refractivity contribution in [1.82, 2.24) is 14.2 Å². The van der Waals surface area contributed by atoms with Crippen LogP contribution in [-0.2, 0) is 27.7 Å². The zero-order valence-corrected chi connectivity index (χ0v) is 24.5. The molecule has 0 saturated carbocycles. The van der Waals surface area contributed by atoms with Gasteiger partial charge in [0.2, 0.25) is 10.0 Å². The number of hydrogen-bond donors (Lipinski definition) is 1. The van der Waals surface area contributed by atoms with Crippen LogP contribution in [-0.4, -0.2) is 67.4 Å². The fraction of sp³-hybridized carbons (Fsp3) is 0.357. The van der Waals surface area contributed by atoms with Crippen LogP contribution in [0.15, 0.2) is 53.4 Å². The van der Waals surface area contributed by atoms with Crippen molar-refractivity contribution in [1.29, 1.82) is 0 Å². The number of rotatable bonds is 5. The van der Waals surface area contributed by atoms with E-state index in [4.69, 9.17) is 9.72 Å². The van der Waals surface area contributed by atoms with Gasteiger partial charge in [0.15, 0.2) is 0 Å². The smallest absolute Gasteiger partial charge is 0.256 e. The van der Waals surface area contributed by atoms with Crippen LogP contribution in [0.1, 0.15) is 34.6 Å². The van der Waals surface area contributed by atoms with Crippen molar-refractivity contribution in [2.24, 2.45) is 0 Å². The minimum Gasteiger partial charge on any atom is -0.373 e. The second-order valence-electron chi connectivity index (χ2n) is 10.2. The molecular formula is C28H30N4O4S3. The Morgan fingerprint density at radius 1 is 1.05 bits per heavy atom. The van der Waals surface area contributed by atoms with Gasteiger partial charge in [0.05, 0.1) is 27.3 Å². The van der Waals surface area contributed by atoms with Gasteiger partial charge in [-0.2, -0.15) is 4.31 Å². The number of nitrogens with one attached hydrogen (secondary N) is 1. The van der Waals surface area contributed by atoms with E-state index in [1.807, 2.05) is 32.0 Å². The number of nitrogens with zero attached hydrogens (tertiary/aromatic N) is 3. The average Bonchev–Trinajstić information content (AvgIpc) is 3.48. The number of fused-ring (bicyclic) bond motifs is 2. The number of morpholine rings is 1. The Hall–Kier alpha value is -2.67. The lowest BCUT2D eigenvalue weighted by atomic mass is 10.0. The van der Waals surface area contributed by atoms with Crippen molar-refractivity contribution in [2.45, 2.75) is 43.9 Å². The lowest BCUT2D eigenvalue weighted by molar-refractivity contribution is -0.0440. The van der Waals surface area contributed by atoms with Gasteiger partial charge in [0, 0.05) is 42.2 Å². The summed E-state index contributed by atoms with van der Waals surface area (Å²) >= 11 is 3.23. The van der Waals surface area contributed by atoms with Crippen molar-refractivity contribution >= 4 is 53.8 Å². The first-order valence-corrected chi connectivity index (χ1v) is 16.0. The first-order valence-electron chi connectivity index (χ1n) is 12.9. The van der Waals surface area contributed by atoms with Crippen LogP contribution in [0, 0.1) is 0 Å². The van der Waals surface area contributed by atoms with Crippen molar-refractivity contribution in [3.8, 4) is 10.6 Å². The molecule has 4 heterocycles. The number of thiophene rings is 1. The van der Waals surface area contributed by atoms with Gasteiger partial charge < -0.3 is 15.0 Å². The number of carbonyl (C=O) groups excluding carboxylic acids is 1. The Morgan fingerprint density at radius 2 is 1.77 bits per heavy atom. The van der Waals surface area contributed by atoms with E-state index >= 15 is 0 Å². The zero-order valence-electron chi connectivity index (χ0n) is 22.0. The highest BCUT2D eigenvalue weighted by molar-refractivity contribution is 7.89. The normalized spacial score (nSPS) is 20.7. The number of thiazole rings is 1. The predicted octanol–water partition coefficient (Wildman–Crippen LogP) is 5.06. The van der Waals surface area contributed by atoms with Gasteiger partial charge in [-0.25, -0.2) is 13.4 Å². The van der Waals surface area contributed by atoms with Gasteiger partial charge in [-0.3, -0.25) is 4.79 Å². The summed E-state index contributed by atoms with van der Waals surface area (Å²) in [7, 11) is -1.58. The first-order chi connectivity index (χ1) is 18.7. The number of sulfonamides is 1. The van der Waals surface area contributed by atoms with Gasteiger partial charge in [-0.05, 0) is 69.3 Å². The molecule has 2 aliphatic rings. The highest BCUT2D eigenvalue weighted by Crippen LogP contribution is 2.45. The lowest BCUT2D eigenvalue weighted by Crippen LogP contribution is -2.48. The van der Waals surface area contributed by atoms with Crippen molar-refractivity contribution in [3.05, 3.63) is 64.5 Å². The quantitative estimate of drug-likeness (QED) is 0.354. The molecule has 1 fully saturated rings. The predicted molar refractivity (Wildman–Crippen MR) is 156 cm³/mol. The van der Waals surface area contributed by atoms with Crippen LogP contribution in [0.25, 0.3) is 20.8 Å². The van der Waals surface area contributed by atoms with Crippen LogP contribution in [0.5, 0.6) is 0 Å². The van der Waals surface area contributed by atoms with E-state index in [9.17, 15) is 13.2 Å². The van der Waals surface area contributed by atoms with Crippen LogP contribution in [0.2, 0.25) is 0 Å². The van der Waals surface area contributed by atoms with E-state index in [0.717, 1.165) is 45.3 Å². The molecule has 0 radical (unpaired) electrons. The highest BCUT2D eigenvalue weighted by atomic mass is 32.2. The number of anilines is 1. The summed E-state index contributed by atoms with van der Waals surface area (Å²) in [5.41, 5.74) is 3.61. The van der Waals surface area contributed by atoms with Crippen molar-refractivity contribution < 1.29 is 17.9 Å². The summed E-state index contributed by atoms with van der Waals surface area (Å²) in [6.45, 7) is 6.14. The molecule has 204 valence electrons. The van der Waals surface area contributed by atoms with Gasteiger partial charge in [0.25, 0.3) is 5.91 Å². The Labute approximate surface area is 236 Å². The van der Waals surface area contributed by atoms with Gasteiger partial charge in [-0.1, -0.05) is 12.1 Å². The third-order valence-electron chi connectivity index (χ3n) is 7.12. The average molecular weight is 583 g/mol. The van der Waals surface area contributed by atoms with Gasteiger partial charge >= 0.3 is 0 Å². The van der Waals surface area contributed by atoms with E-state index in [1.165, 1.54) is 26.9 Å². The summed E-state index contributed by atoms with van der Waals surface area (Å²) < 4.78 is 34.7. The molecule has 0 spiro atoms. The number of hydrogen-bond acceptors (Lipinski definition) is 8. The van der Waals surface area contributed by atoms with Crippen LogP contribution in [0.4, 0.5) is 5.00 Å². The van der Waals surface area contributed by atoms with Crippen LogP contribution in [0.3, 0.4) is 0 Å². The molecule has 6 rings (SSSR count). The Bertz CT molecular complexity index is 1600. The molecule has 4 aromatic rings. The largest absolute Gasteiger partial charge is 0.373 e. The Morgan fingerprint density at radius 3 is 2.49 bits per heavy atom. The van der Waals surface area contributed by atoms with Crippen molar-refractivity contribution in [2.75, 3.05) is 32.0 Å². The monoisotopic (exact) mass is 582 g/mol. The van der Waals surface area contributed by atoms with Crippen LogP contribution >= 0.6 is 22.7 Å². The van der Waals surface area contributed by atoms with E-state index < -0.39 is 10.0 Å². The summed E-state index contributed by atoms with van der Waals surface area (Å²) in [4.78, 5) is 22.0. The number of likely N-dealkylation sites (N-methyl/N-ethyl adjacent to an activating group) is 1. The molecule has 0 unspecified atom stereocenters. The molecule has 1 N–H and O–H groups in total. The SMILES string of the molecule is C[C@@H]1CN(S(=O)(=O)c2ccc(C(=O)Nc3sc4c(c3-c3nc5ccccc5s3)CCN(C)C4)cc2)C[C@H](C)O1. The Balaban J connectivity index is 1.28. The standard InChI is InChI=1S/C28H30N4O4S3/c1-17-14-32(15-18(2)36-17)39(34,35)20-10-8-19(9-11-20)26(33)30-28-25(21-12-13-31(3)16-24(21)38-28)27-29-22-6-4-5-7-23(22)37-27/h4-11,17-18H,12-16H2,1-3H3,(H,30,33)/t17-,18+. The minimum absolute atomic E-state index is 0.171. The van der Waals surface area contributed by atoms with E-state index in [-0.39, 0.29) is 23.0 Å². The molecule has 2 aromatic heterocycles. The number of carbonyl (C=O) groups is 1. The summed E-state index contributed by atoms with van der Waals surface area (Å²) in [6.07, 6.45) is 0.554. The van der Waals surface area contributed by atoms with E-state index in [2.05, 4.69) is 23.3 Å². The molecule has 8 nitrogen and oxygen atoms in total. The minimum atomic E-state index is -3.68. The topological polar surface area (TPSA) is 91.8 Å². The van der Waals surface area contributed by atoms with Gasteiger partial charge in [0.1, 0.15) is 10.0 Å². The molecular weight excluding hydrogens is 553 g/mol. The molecule has 11 heteroatoms. The molecule has 2 aromatic carbocycles. The molecule has 0 aliphatic carbocycles. The number of benzene rings is 2. The number of ether oxygens (including phenoxy) is 1. The summed E-state index contributed by atoms with van der Waals surface area (Å²) in [5, 5.41) is 4.82. The Kier molecular flexibility index (Phi) is 7.07. The first kappa shape index (κ1) is 26.5. The fourth-order valence-electron chi connectivity index (χ4n) is 5.25. The summed E-state index contributed by atoms with van der Waals surface area (Å²) in [6, 6.07) is 14.2. The molecule has 1 saturated heterocycles. The molecule has 1 amide bonds. The van der Waals surface area contributed by atoms with Crippen molar-refractivity contribution in [3.63, 3.8) is 0 Å². The van der Waals surface area contributed by atoms with Crippen LogP contribution < -0.4 is 5.32 Å². The third-order valence-corrected chi connectivity index (χ3v) is 11.2. The second-order valence-corrected chi connectivity index (χ2v) is 14.3. The third kappa shape index (κ3) is 5.15. The molecule has 2 aliphatic heterocycles. The second kappa shape index (κ2) is 10.4. The van der Waals surface area contributed by atoms with E-state index in [0.29, 0.717) is 18.7 Å². The number of aromatic nitrogens is 1. The summed E-state index contributed by atoms with van der Waals surface area (Å²) in [5.74, 6) is -0.276. The van der Waals surface area contributed by atoms with Gasteiger partial charge in [-0.15, -0.1) is 22.7 Å². The number of para-hydroxylation sites is 1. The van der Waals surface area contributed by atoms with E-state index in [1.54, 1.807) is 34.8 Å². The molecule has 2 atom stereocenters. The maximum atomic E-state index is 13.4. The molecule has 0 bridgehead atoms. The zero-order chi connectivity index (χ0) is 27.3. The maximum absolute atomic E-state index is 13.4.